The lowest BCUT2D eigenvalue weighted by Gasteiger charge is -2.32. The zero-order valence-electron chi connectivity index (χ0n) is 10.8. The van der Waals surface area contributed by atoms with Crippen molar-refractivity contribution < 1.29 is 4.74 Å². The fraction of sp³-hybridized carbons (Fsp3) is 1.00. The molecule has 0 radical (unpaired) electrons. The lowest BCUT2D eigenvalue weighted by Crippen LogP contribution is -2.45. The van der Waals surface area contributed by atoms with Crippen molar-refractivity contribution in [3.8, 4) is 0 Å². The van der Waals surface area contributed by atoms with Crippen molar-refractivity contribution in [3.63, 3.8) is 0 Å². The molecule has 2 heteroatoms. The Bertz CT molecular complexity index is 173. The molecule has 15 heavy (non-hydrogen) atoms. The monoisotopic (exact) mass is 213 g/mol. The molecular weight excluding hydrogens is 186 g/mol. The van der Waals surface area contributed by atoms with Gasteiger partial charge >= 0.3 is 0 Å². The van der Waals surface area contributed by atoms with Crippen LogP contribution in [0.4, 0.5) is 0 Å². The average Bonchev–Trinajstić information content (AvgIpc) is 2.47. The fourth-order valence-corrected chi connectivity index (χ4v) is 2.68. The zero-order chi connectivity index (χ0) is 11.3. The molecule has 0 bridgehead atoms. The number of nitrogens with one attached hydrogen (secondary N) is 1. The fourth-order valence-electron chi connectivity index (χ4n) is 2.68. The average molecular weight is 213 g/mol. The Labute approximate surface area is 94.8 Å². The minimum Gasteiger partial charge on any atom is -0.383 e. The van der Waals surface area contributed by atoms with Crippen LogP contribution in [0.15, 0.2) is 0 Å². The maximum atomic E-state index is 5.27. The predicted octanol–water partition coefficient (Wildman–Crippen LogP) is 2.97. The predicted molar refractivity (Wildman–Crippen MR) is 65.1 cm³/mol. The van der Waals surface area contributed by atoms with Crippen molar-refractivity contribution in [3.05, 3.63) is 0 Å². The summed E-state index contributed by atoms with van der Waals surface area (Å²) in [5.74, 6) is 0. The molecule has 0 aromatic rings. The maximum Gasteiger partial charge on any atom is 0.0615 e. The third-order valence-corrected chi connectivity index (χ3v) is 3.70. The third kappa shape index (κ3) is 3.76. The molecule has 2 nitrogen and oxygen atoms in total. The molecule has 0 aromatic heterocycles. The molecule has 0 aromatic carbocycles. The zero-order valence-corrected chi connectivity index (χ0v) is 10.8. The van der Waals surface area contributed by atoms with Gasteiger partial charge in [0, 0.05) is 19.2 Å². The van der Waals surface area contributed by atoms with E-state index in [-0.39, 0.29) is 0 Å². The number of methoxy groups -OCH3 is 1. The van der Waals surface area contributed by atoms with Crippen LogP contribution in [0.3, 0.4) is 0 Å². The van der Waals surface area contributed by atoms with Gasteiger partial charge in [-0.15, -0.1) is 0 Å². The first-order valence-electron chi connectivity index (χ1n) is 6.35. The molecule has 1 aliphatic rings. The van der Waals surface area contributed by atoms with E-state index in [1.165, 1.54) is 32.1 Å². The molecule has 0 heterocycles. The van der Waals surface area contributed by atoms with E-state index < -0.39 is 0 Å². The van der Waals surface area contributed by atoms with Gasteiger partial charge in [-0.1, -0.05) is 33.6 Å². The minimum atomic E-state index is 0.472. The van der Waals surface area contributed by atoms with E-state index in [4.69, 9.17) is 4.74 Å². The van der Waals surface area contributed by atoms with E-state index in [1.807, 2.05) is 0 Å². The maximum absolute atomic E-state index is 5.27. The third-order valence-electron chi connectivity index (χ3n) is 3.70. The summed E-state index contributed by atoms with van der Waals surface area (Å²) in [6.07, 6.45) is 6.51. The van der Waals surface area contributed by atoms with E-state index in [0.717, 1.165) is 6.61 Å². The Morgan fingerprint density at radius 2 is 2.20 bits per heavy atom. The van der Waals surface area contributed by atoms with Crippen LogP contribution in [0.5, 0.6) is 0 Å². The van der Waals surface area contributed by atoms with Gasteiger partial charge in [0.2, 0.25) is 0 Å². The number of ether oxygens (including phenoxy) is 1. The Morgan fingerprint density at radius 1 is 1.47 bits per heavy atom. The highest BCUT2D eigenvalue weighted by Crippen LogP contribution is 2.37. The minimum absolute atomic E-state index is 0.472. The molecule has 90 valence electrons. The largest absolute Gasteiger partial charge is 0.383 e. The highest BCUT2D eigenvalue weighted by atomic mass is 16.5. The molecule has 0 saturated heterocycles. The first-order chi connectivity index (χ1) is 7.10. The van der Waals surface area contributed by atoms with Crippen molar-refractivity contribution in [2.75, 3.05) is 13.7 Å². The number of hydrogen-bond donors (Lipinski definition) is 1. The first-order valence-corrected chi connectivity index (χ1v) is 6.35. The quantitative estimate of drug-likeness (QED) is 0.732. The van der Waals surface area contributed by atoms with Crippen LogP contribution < -0.4 is 5.32 Å². The topological polar surface area (TPSA) is 21.3 Å². The lowest BCUT2D eigenvalue weighted by molar-refractivity contribution is 0.142. The molecule has 2 unspecified atom stereocenters. The van der Waals surface area contributed by atoms with Crippen LogP contribution in [0.1, 0.15) is 52.9 Å². The summed E-state index contributed by atoms with van der Waals surface area (Å²) in [5, 5.41) is 3.78. The molecule has 1 rings (SSSR count). The molecule has 2 atom stereocenters. The van der Waals surface area contributed by atoms with Gasteiger partial charge < -0.3 is 10.1 Å². The Hall–Kier alpha value is -0.0800. The smallest absolute Gasteiger partial charge is 0.0615 e. The van der Waals surface area contributed by atoms with Gasteiger partial charge in [-0.3, -0.25) is 0 Å². The highest BCUT2D eigenvalue weighted by molar-refractivity contribution is 4.91. The second-order valence-electron chi connectivity index (χ2n) is 5.54. The number of rotatable bonds is 6. The second kappa shape index (κ2) is 5.86. The van der Waals surface area contributed by atoms with Crippen LogP contribution in [-0.4, -0.2) is 25.8 Å². The van der Waals surface area contributed by atoms with Gasteiger partial charge in [-0.25, -0.2) is 0 Å². The van der Waals surface area contributed by atoms with Crippen molar-refractivity contribution in [2.24, 2.45) is 5.41 Å². The van der Waals surface area contributed by atoms with E-state index >= 15 is 0 Å². The molecule has 1 N–H and O–H groups in total. The van der Waals surface area contributed by atoms with Crippen molar-refractivity contribution >= 4 is 0 Å². The van der Waals surface area contributed by atoms with Crippen molar-refractivity contribution in [1.29, 1.82) is 0 Å². The Kier molecular flexibility index (Phi) is 5.07. The highest BCUT2D eigenvalue weighted by Gasteiger charge is 2.35. The van der Waals surface area contributed by atoms with Gasteiger partial charge in [-0.05, 0) is 24.7 Å². The van der Waals surface area contributed by atoms with Gasteiger partial charge in [0.25, 0.3) is 0 Å². The van der Waals surface area contributed by atoms with Gasteiger partial charge in [0.1, 0.15) is 0 Å². The summed E-state index contributed by atoms with van der Waals surface area (Å²) < 4.78 is 5.27. The van der Waals surface area contributed by atoms with Crippen molar-refractivity contribution in [2.45, 2.75) is 65.0 Å². The summed E-state index contributed by atoms with van der Waals surface area (Å²) >= 11 is 0. The van der Waals surface area contributed by atoms with E-state index in [2.05, 4.69) is 26.1 Å². The van der Waals surface area contributed by atoms with Gasteiger partial charge in [-0.2, -0.15) is 0 Å². The SMILES string of the molecule is CCCC(COC)NC1CCCC1(C)C. The summed E-state index contributed by atoms with van der Waals surface area (Å²) in [5.41, 5.74) is 0.472. The summed E-state index contributed by atoms with van der Waals surface area (Å²) in [6, 6.07) is 1.23. The van der Waals surface area contributed by atoms with Crippen molar-refractivity contribution in [1.82, 2.24) is 5.32 Å². The molecule has 0 aliphatic heterocycles. The lowest BCUT2D eigenvalue weighted by atomic mass is 9.87. The van der Waals surface area contributed by atoms with Crippen LogP contribution in [0.2, 0.25) is 0 Å². The number of hydrogen-bond acceptors (Lipinski definition) is 2. The molecule has 0 amide bonds. The normalized spacial score (nSPS) is 26.8. The van der Waals surface area contributed by atoms with Crippen LogP contribution in [0, 0.1) is 5.41 Å². The Balaban J connectivity index is 2.42. The van der Waals surface area contributed by atoms with E-state index in [9.17, 15) is 0 Å². The molecular formula is C13H27NO. The molecule has 0 spiro atoms. The molecule has 1 aliphatic carbocycles. The summed E-state index contributed by atoms with van der Waals surface area (Å²) in [7, 11) is 1.80. The van der Waals surface area contributed by atoms with Crippen LogP contribution >= 0.6 is 0 Å². The molecule has 1 fully saturated rings. The second-order valence-corrected chi connectivity index (χ2v) is 5.54. The van der Waals surface area contributed by atoms with Crippen LogP contribution in [-0.2, 0) is 4.74 Å². The van der Waals surface area contributed by atoms with E-state index in [0.29, 0.717) is 17.5 Å². The van der Waals surface area contributed by atoms with E-state index in [1.54, 1.807) is 7.11 Å². The Morgan fingerprint density at radius 3 is 2.67 bits per heavy atom. The van der Waals surface area contributed by atoms with Gasteiger partial charge in [0.05, 0.1) is 6.61 Å². The van der Waals surface area contributed by atoms with Gasteiger partial charge in [0.15, 0.2) is 0 Å². The summed E-state index contributed by atoms with van der Waals surface area (Å²) in [6.45, 7) is 7.85. The molecule has 1 saturated carbocycles. The summed E-state index contributed by atoms with van der Waals surface area (Å²) in [4.78, 5) is 0. The van der Waals surface area contributed by atoms with Crippen LogP contribution in [0.25, 0.3) is 0 Å². The first kappa shape index (κ1) is 13.0. The standard InChI is InChI=1S/C13H27NO/c1-5-7-11(10-15-4)14-12-8-6-9-13(12,2)3/h11-12,14H,5-10H2,1-4H3.